The minimum Gasteiger partial charge on any atom is -0.328 e. The third kappa shape index (κ3) is 2.20. The molecule has 13 heavy (non-hydrogen) atoms. The summed E-state index contributed by atoms with van der Waals surface area (Å²) in [5.74, 6) is 0. The van der Waals surface area contributed by atoms with E-state index in [9.17, 15) is 4.39 Å². The zero-order valence-electron chi connectivity index (χ0n) is 8.08. The lowest BCUT2D eigenvalue weighted by molar-refractivity contribution is 0.170. The van der Waals surface area contributed by atoms with Crippen molar-refractivity contribution in [2.75, 3.05) is 13.1 Å². The molecule has 76 valence electrons. The summed E-state index contributed by atoms with van der Waals surface area (Å²) in [6.45, 7) is 1.63. The Bertz CT molecular complexity index is 166. The van der Waals surface area contributed by atoms with Crippen molar-refractivity contribution >= 4 is 0 Å². The first-order valence-electron chi connectivity index (χ1n) is 5.39. The molecule has 1 unspecified atom stereocenters. The van der Waals surface area contributed by atoms with E-state index in [1.807, 2.05) is 0 Å². The lowest BCUT2D eigenvalue weighted by Crippen LogP contribution is -2.39. The third-order valence-corrected chi connectivity index (χ3v) is 3.42. The van der Waals surface area contributed by atoms with Crippen molar-refractivity contribution in [3.63, 3.8) is 0 Å². The fraction of sp³-hybridized carbons (Fsp3) is 1.00. The van der Waals surface area contributed by atoms with Gasteiger partial charge in [-0.1, -0.05) is 0 Å². The molecule has 2 nitrogen and oxygen atoms in total. The molecule has 1 heterocycles. The van der Waals surface area contributed by atoms with Crippen molar-refractivity contribution in [2.24, 2.45) is 5.73 Å². The topological polar surface area (TPSA) is 29.3 Å². The van der Waals surface area contributed by atoms with Crippen LogP contribution in [-0.4, -0.2) is 36.2 Å². The fourth-order valence-electron chi connectivity index (χ4n) is 2.54. The smallest absolute Gasteiger partial charge is 0.114 e. The normalized spacial score (nSPS) is 42.5. The van der Waals surface area contributed by atoms with Crippen LogP contribution in [0.1, 0.15) is 32.1 Å². The van der Waals surface area contributed by atoms with Gasteiger partial charge in [0.25, 0.3) is 0 Å². The Balaban J connectivity index is 1.81. The molecular formula is C10H19FN2. The van der Waals surface area contributed by atoms with Crippen LogP contribution >= 0.6 is 0 Å². The number of likely N-dealkylation sites (tertiary alicyclic amines) is 1. The van der Waals surface area contributed by atoms with Crippen LogP contribution in [0, 0.1) is 0 Å². The first kappa shape index (κ1) is 9.41. The molecule has 3 heteroatoms. The Morgan fingerprint density at radius 1 is 1.08 bits per heavy atom. The average molecular weight is 186 g/mol. The summed E-state index contributed by atoms with van der Waals surface area (Å²) in [5, 5.41) is 0. The molecule has 1 atom stereocenters. The number of halogens is 1. The van der Waals surface area contributed by atoms with Gasteiger partial charge in [0.1, 0.15) is 6.17 Å². The molecule has 0 aromatic heterocycles. The second-order valence-corrected chi connectivity index (χ2v) is 4.45. The molecule has 2 aliphatic rings. The first-order chi connectivity index (χ1) is 6.25. The Labute approximate surface area is 79.3 Å². The van der Waals surface area contributed by atoms with E-state index >= 15 is 0 Å². The fourth-order valence-corrected chi connectivity index (χ4v) is 2.54. The summed E-state index contributed by atoms with van der Waals surface area (Å²) in [7, 11) is 0. The highest BCUT2D eigenvalue weighted by atomic mass is 19.1. The molecule has 1 saturated heterocycles. The summed E-state index contributed by atoms with van der Waals surface area (Å²) in [6.07, 6.45) is 4.76. The Morgan fingerprint density at radius 2 is 1.77 bits per heavy atom. The summed E-state index contributed by atoms with van der Waals surface area (Å²) in [6, 6.07) is 1.03. The van der Waals surface area contributed by atoms with Crippen LogP contribution in [0.25, 0.3) is 0 Å². The van der Waals surface area contributed by atoms with Gasteiger partial charge in [0.15, 0.2) is 0 Å². The minimum atomic E-state index is -0.574. The maximum atomic E-state index is 12.9. The average Bonchev–Trinajstić information content (AvgIpc) is 2.53. The Hall–Kier alpha value is -0.150. The van der Waals surface area contributed by atoms with E-state index in [4.69, 9.17) is 5.73 Å². The monoisotopic (exact) mass is 186 g/mol. The van der Waals surface area contributed by atoms with Crippen molar-refractivity contribution in [3.05, 3.63) is 0 Å². The Kier molecular flexibility index (Phi) is 2.84. The van der Waals surface area contributed by atoms with E-state index in [1.165, 1.54) is 12.8 Å². The van der Waals surface area contributed by atoms with Crippen LogP contribution in [0.15, 0.2) is 0 Å². The SMILES string of the molecule is NC1CCC(N2CCC(F)C2)CC1. The largest absolute Gasteiger partial charge is 0.328 e. The zero-order chi connectivity index (χ0) is 9.26. The van der Waals surface area contributed by atoms with Gasteiger partial charge >= 0.3 is 0 Å². The van der Waals surface area contributed by atoms with Gasteiger partial charge in [-0.2, -0.15) is 0 Å². The van der Waals surface area contributed by atoms with Crippen LogP contribution in [0.2, 0.25) is 0 Å². The summed E-state index contributed by atoms with van der Waals surface area (Å²) in [5.41, 5.74) is 5.83. The Morgan fingerprint density at radius 3 is 2.31 bits per heavy atom. The molecule has 2 fully saturated rings. The van der Waals surface area contributed by atoms with Gasteiger partial charge in [0, 0.05) is 25.2 Å². The van der Waals surface area contributed by atoms with Crippen LogP contribution < -0.4 is 5.73 Å². The van der Waals surface area contributed by atoms with Crippen molar-refractivity contribution in [3.8, 4) is 0 Å². The molecule has 0 amide bonds. The lowest BCUT2D eigenvalue weighted by Gasteiger charge is -2.33. The van der Waals surface area contributed by atoms with Crippen molar-refractivity contribution in [1.82, 2.24) is 4.90 Å². The van der Waals surface area contributed by atoms with Crippen molar-refractivity contribution < 1.29 is 4.39 Å². The number of nitrogens with zero attached hydrogens (tertiary/aromatic N) is 1. The van der Waals surface area contributed by atoms with Gasteiger partial charge in [-0.3, -0.25) is 4.90 Å². The number of hydrogen-bond donors (Lipinski definition) is 1. The lowest BCUT2D eigenvalue weighted by atomic mass is 9.91. The molecule has 1 aliphatic carbocycles. The molecule has 1 aliphatic heterocycles. The molecule has 1 saturated carbocycles. The predicted octanol–water partition coefficient (Wildman–Crippen LogP) is 1.30. The van der Waals surface area contributed by atoms with Gasteiger partial charge in [-0.15, -0.1) is 0 Å². The van der Waals surface area contributed by atoms with Gasteiger partial charge in [-0.25, -0.2) is 4.39 Å². The summed E-state index contributed by atoms with van der Waals surface area (Å²) in [4.78, 5) is 2.32. The van der Waals surface area contributed by atoms with E-state index in [2.05, 4.69) is 4.90 Å². The highest BCUT2D eigenvalue weighted by Gasteiger charge is 2.30. The van der Waals surface area contributed by atoms with E-state index in [-0.39, 0.29) is 0 Å². The molecule has 2 rings (SSSR count). The standard InChI is InChI=1S/C10H19FN2/c11-8-5-6-13(7-8)10-3-1-9(12)2-4-10/h8-10H,1-7,12H2. The molecule has 0 bridgehead atoms. The molecule has 0 aromatic carbocycles. The number of alkyl halides is 1. The van der Waals surface area contributed by atoms with Crippen LogP contribution in [-0.2, 0) is 0 Å². The van der Waals surface area contributed by atoms with E-state index in [0.29, 0.717) is 18.6 Å². The third-order valence-electron chi connectivity index (χ3n) is 3.42. The molecule has 0 spiro atoms. The van der Waals surface area contributed by atoms with Crippen molar-refractivity contribution in [1.29, 1.82) is 0 Å². The zero-order valence-corrected chi connectivity index (χ0v) is 8.08. The summed E-state index contributed by atoms with van der Waals surface area (Å²) < 4.78 is 12.9. The summed E-state index contributed by atoms with van der Waals surface area (Å²) >= 11 is 0. The maximum absolute atomic E-state index is 12.9. The second kappa shape index (κ2) is 3.93. The number of hydrogen-bond acceptors (Lipinski definition) is 2. The first-order valence-corrected chi connectivity index (χ1v) is 5.39. The van der Waals surface area contributed by atoms with Crippen LogP contribution in [0.3, 0.4) is 0 Å². The minimum absolute atomic E-state index is 0.403. The van der Waals surface area contributed by atoms with E-state index in [1.54, 1.807) is 0 Å². The highest BCUT2D eigenvalue weighted by molar-refractivity contribution is 4.85. The molecule has 0 radical (unpaired) electrons. The number of rotatable bonds is 1. The van der Waals surface area contributed by atoms with Gasteiger partial charge in [0.2, 0.25) is 0 Å². The molecule has 2 N–H and O–H groups in total. The second-order valence-electron chi connectivity index (χ2n) is 4.45. The quantitative estimate of drug-likeness (QED) is 0.669. The van der Waals surface area contributed by atoms with Gasteiger partial charge < -0.3 is 5.73 Å². The van der Waals surface area contributed by atoms with Gasteiger partial charge in [-0.05, 0) is 32.1 Å². The van der Waals surface area contributed by atoms with E-state index < -0.39 is 6.17 Å². The van der Waals surface area contributed by atoms with Crippen LogP contribution in [0.5, 0.6) is 0 Å². The molecular weight excluding hydrogens is 167 g/mol. The maximum Gasteiger partial charge on any atom is 0.114 e. The van der Waals surface area contributed by atoms with Crippen molar-refractivity contribution in [2.45, 2.75) is 50.4 Å². The number of nitrogens with two attached hydrogens (primary N) is 1. The highest BCUT2D eigenvalue weighted by Crippen LogP contribution is 2.25. The predicted molar refractivity (Wildman–Crippen MR) is 51.3 cm³/mol. The van der Waals surface area contributed by atoms with Crippen LogP contribution in [0.4, 0.5) is 4.39 Å². The van der Waals surface area contributed by atoms with Gasteiger partial charge in [0.05, 0.1) is 0 Å². The van der Waals surface area contributed by atoms with E-state index in [0.717, 1.165) is 25.8 Å². The molecule has 0 aromatic rings.